The fourth-order valence-electron chi connectivity index (χ4n) is 1.16. The zero-order valence-electron chi connectivity index (χ0n) is 8.80. The Balaban J connectivity index is 0.000000561. The van der Waals surface area contributed by atoms with E-state index in [2.05, 4.69) is 12.0 Å². The second-order valence-electron chi connectivity index (χ2n) is 2.53. The fourth-order valence-corrected chi connectivity index (χ4v) is 1.16. The third-order valence-corrected chi connectivity index (χ3v) is 1.77. The highest BCUT2D eigenvalue weighted by Gasteiger charge is 2.17. The molecular formula is C9H20O2. The predicted octanol–water partition coefficient (Wildman–Crippen LogP) is 2.31. The normalized spacial score (nSPS) is 31.7. The predicted molar refractivity (Wildman–Crippen MR) is 46.4 cm³/mol. The van der Waals surface area contributed by atoms with Gasteiger partial charge in [-0.15, -0.1) is 0 Å². The van der Waals surface area contributed by atoms with Crippen molar-refractivity contribution in [2.45, 2.75) is 58.8 Å². The molecule has 2 heteroatoms. The smallest absolute Gasteiger partial charge is 0.213 e. The van der Waals surface area contributed by atoms with Gasteiger partial charge in [0.05, 0.1) is 6.10 Å². The average Bonchev–Trinajstić information content (AvgIpc) is 2.21. The summed E-state index contributed by atoms with van der Waals surface area (Å²) in [7, 11) is 0. The summed E-state index contributed by atoms with van der Waals surface area (Å²) in [5.41, 5.74) is 0. The molecule has 0 aromatic heterocycles. The van der Waals surface area contributed by atoms with Crippen LogP contribution in [0, 0.1) is 0 Å². The number of ether oxygens (including phenoxy) is 1. The first kappa shape index (κ1) is 9.01. The van der Waals surface area contributed by atoms with E-state index in [-0.39, 0.29) is 6.29 Å². The Morgan fingerprint density at radius 3 is 2.82 bits per heavy atom. The van der Waals surface area contributed by atoms with Crippen LogP contribution in [0.4, 0.5) is 0 Å². The van der Waals surface area contributed by atoms with Crippen LogP contribution < -0.4 is 0 Å². The maximum Gasteiger partial charge on any atom is 0.213 e. The van der Waals surface area contributed by atoms with Gasteiger partial charge in [0.15, 0.2) is 6.29 Å². The summed E-state index contributed by atoms with van der Waals surface area (Å²) >= 11 is 0. The number of aliphatic hydroxyl groups is 1. The van der Waals surface area contributed by atoms with E-state index in [1.807, 2.05) is 13.8 Å². The number of hydrogen-bond donors (Lipinski definition) is 1. The molecule has 2 nitrogen and oxygen atoms in total. The monoisotopic (exact) mass is 162 g/mol. The molecule has 2 atom stereocenters. The van der Waals surface area contributed by atoms with E-state index in [0.29, 0.717) is 6.10 Å². The minimum absolute atomic E-state index is 0.265. The highest BCUT2D eigenvalue weighted by atomic mass is 16.6. The van der Waals surface area contributed by atoms with Gasteiger partial charge >= 0.3 is 0 Å². The molecule has 1 heterocycles. The standard InChI is InChI=1S/C7H14O2.C2H6/c1-2-6-4-3-5-7(8)9-6;1-2/h6-8H,2-5H2,1H3;1-2H3/i8T;. The molecule has 11 heavy (non-hydrogen) atoms. The molecule has 0 saturated carbocycles. The van der Waals surface area contributed by atoms with Crippen LogP contribution in [-0.2, 0) is 4.74 Å². The molecule has 2 unspecified atom stereocenters. The second kappa shape index (κ2) is 6.62. The topological polar surface area (TPSA) is 29.5 Å². The van der Waals surface area contributed by atoms with Crippen LogP contribution in [0.15, 0.2) is 0 Å². The lowest BCUT2D eigenvalue weighted by molar-refractivity contribution is -0.162. The third kappa shape index (κ3) is 4.38. The zero-order valence-corrected chi connectivity index (χ0v) is 7.80. The Hall–Kier alpha value is -0.0800. The summed E-state index contributed by atoms with van der Waals surface area (Å²) < 4.78 is 12.0. The highest BCUT2D eigenvalue weighted by molar-refractivity contribution is 4.62. The van der Waals surface area contributed by atoms with Crippen LogP contribution in [0.25, 0.3) is 0 Å². The first-order chi connectivity index (χ1) is 5.86. The van der Waals surface area contributed by atoms with E-state index in [9.17, 15) is 0 Å². The molecule has 0 aliphatic carbocycles. The van der Waals surface area contributed by atoms with Crippen molar-refractivity contribution in [1.29, 1.82) is 1.43 Å². The van der Waals surface area contributed by atoms with Crippen LogP contribution in [0.3, 0.4) is 0 Å². The van der Waals surface area contributed by atoms with Gasteiger partial charge in [0.25, 0.3) is 0 Å². The molecule has 1 aliphatic heterocycles. The van der Waals surface area contributed by atoms with Gasteiger partial charge < -0.3 is 9.85 Å². The Kier molecular flexibility index (Phi) is 5.42. The molecule has 0 amide bonds. The van der Waals surface area contributed by atoms with E-state index < -0.39 is 0 Å². The lowest BCUT2D eigenvalue weighted by Gasteiger charge is -2.25. The molecule has 1 fully saturated rings. The fraction of sp³-hybridized carbons (Fsp3) is 1.00. The molecular weight excluding hydrogens is 140 g/mol. The van der Waals surface area contributed by atoms with Crippen molar-refractivity contribution >= 4 is 0 Å². The lowest BCUT2D eigenvalue weighted by Crippen LogP contribution is -2.26. The van der Waals surface area contributed by atoms with Crippen LogP contribution in [0.2, 0.25) is 0 Å². The summed E-state index contributed by atoms with van der Waals surface area (Å²) in [4.78, 5) is 0. The van der Waals surface area contributed by atoms with Crippen molar-refractivity contribution in [2.75, 3.05) is 0 Å². The van der Waals surface area contributed by atoms with E-state index in [1.54, 1.807) is 0 Å². The van der Waals surface area contributed by atoms with Crippen molar-refractivity contribution in [3.63, 3.8) is 0 Å². The van der Waals surface area contributed by atoms with E-state index in [0.717, 1.165) is 25.7 Å². The molecule has 1 aliphatic rings. The van der Waals surface area contributed by atoms with Crippen molar-refractivity contribution < 1.29 is 9.85 Å². The Morgan fingerprint density at radius 1 is 1.55 bits per heavy atom. The second-order valence-corrected chi connectivity index (χ2v) is 2.53. The van der Waals surface area contributed by atoms with E-state index >= 15 is 0 Å². The van der Waals surface area contributed by atoms with Gasteiger partial charge in [-0.05, 0) is 25.7 Å². The summed E-state index contributed by atoms with van der Waals surface area (Å²) in [6.45, 7) is 6.09. The molecule has 0 aromatic rings. The summed E-state index contributed by atoms with van der Waals surface area (Å²) in [6, 6.07) is 0. The quantitative estimate of drug-likeness (QED) is 0.675. The average molecular weight is 162 g/mol. The minimum atomic E-state index is -0.265. The van der Waals surface area contributed by atoms with Gasteiger partial charge in [-0.25, -0.2) is 0 Å². The number of rotatable bonds is 2. The first-order valence-corrected chi connectivity index (χ1v) is 4.64. The molecule has 1 rings (SSSR count). The van der Waals surface area contributed by atoms with Crippen LogP contribution >= 0.6 is 0 Å². The van der Waals surface area contributed by atoms with Gasteiger partial charge in [0, 0.05) is 0 Å². The largest absolute Gasteiger partial charge is 0.368 e. The van der Waals surface area contributed by atoms with Crippen molar-refractivity contribution in [3.05, 3.63) is 0 Å². The Labute approximate surface area is 71.1 Å². The summed E-state index contributed by atoms with van der Waals surface area (Å²) in [6.07, 6.45) is 4.21. The van der Waals surface area contributed by atoms with Crippen LogP contribution in [0.1, 0.15) is 46.5 Å². The van der Waals surface area contributed by atoms with Gasteiger partial charge in [0.2, 0.25) is 1.43 Å². The minimum Gasteiger partial charge on any atom is -0.368 e. The first-order valence-electron chi connectivity index (χ1n) is 5.05. The molecule has 0 spiro atoms. The highest BCUT2D eigenvalue weighted by Crippen LogP contribution is 2.18. The molecule has 68 valence electrons. The van der Waals surface area contributed by atoms with Gasteiger partial charge in [-0.2, -0.15) is 0 Å². The van der Waals surface area contributed by atoms with Gasteiger partial charge in [-0.1, -0.05) is 20.8 Å². The lowest BCUT2D eigenvalue weighted by atomic mass is 10.1. The number of aliphatic hydroxyl groups excluding tert-OH is 1. The maximum absolute atomic E-state index is 6.64. The van der Waals surface area contributed by atoms with Crippen LogP contribution in [0.5, 0.6) is 0 Å². The third-order valence-electron chi connectivity index (χ3n) is 1.77. The van der Waals surface area contributed by atoms with Gasteiger partial charge in [-0.3, -0.25) is 0 Å². The number of hydrogen-bond acceptors (Lipinski definition) is 2. The summed E-state index contributed by atoms with van der Waals surface area (Å²) in [5, 5.41) is 4.35. The SMILES string of the molecule is CC.[3H]OC1CCCC(CC)O1. The molecule has 0 bridgehead atoms. The van der Waals surface area contributed by atoms with Crippen molar-refractivity contribution in [3.8, 4) is 0 Å². The Morgan fingerprint density at radius 2 is 2.27 bits per heavy atom. The molecule has 0 radical (unpaired) electrons. The van der Waals surface area contributed by atoms with E-state index in [1.165, 1.54) is 0 Å². The molecule has 1 N–H and O–H groups in total. The maximum atomic E-state index is 6.64. The molecule has 0 aromatic carbocycles. The van der Waals surface area contributed by atoms with E-state index in [4.69, 9.17) is 6.17 Å². The zero-order chi connectivity index (χ0) is 9.40. The van der Waals surface area contributed by atoms with Crippen molar-refractivity contribution in [2.24, 2.45) is 0 Å². The molecule has 1 saturated heterocycles. The Bertz CT molecular complexity index is 88.5. The van der Waals surface area contributed by atoms with Crippen LogP contribution in [-0.4, -0.2) is 18.9 Å². The van der Waals surface area contributed by atoms with Crippen molar-refractivity contribution in [1.82, 2.24) is 0 Å². The van der Waals surface area contributed by atoms with Gasteiger partial charge in [0.1, 0.15) is 0 Å². The summed E-state index contributed by atoms with van der Waals surface area (Å²) in [5.74, 6) is 0.